The van der Waals surface area contributed by atoms with Crippen molar-refractivity contribution in [3.63, 3.8) is 0 Å². The van der Waals surface area contributed by atoms with Crippen molar-refractivity contribution in [3.8, 4) is 0 Å². The Morgan fingerprint density at radius 3 is 2.53 bits per heavy atom. The number of carbonyl (C=O) groups excluding carboxylic acids is 3. The number of carbonyl (C=O) groups is 3. The highest BCUT2D eigenvalue weighted by molar-refractivity contribution is 5.84. The number of methoxy groups -OCH3 is 1. The first-order valence-corrected chi connectivity index (χ1v) is 12.9. The topological polar surface area (TPSA) is 69.7 Å². The van der Waals surface area contributed by atoms with Crippen molar-refractivity contribution in [1.29, 1.82) is 0 Å². The molecule has 9 atom stereocenters. The molecule has 0 amide bonds. The molecule has 5 nitrogen and oxygen atoms in total. The maximum Gasteiger partial charge on any atom is 0.305 e. The summed E-state index contributed by atoms with van der Waals surface area (Å²) in [5, 5.41) is 0. The third kappa shape index (κ3) is 3.92. The van der Waals surface area contributed by atoms with Crippen molar-refractivity contribution in [1.82, 2.24) is 0 Å². The fourth-order valence-corrected chi connectivity index (χ4v) is 9.00. The van der Waals surface area contributed by atoms with Crippen molar-refractivity contribution in [3.05, 3.63) is 0 Å². The zero-order valence-electron chi connectivity index (χ0n) is 20.7. The summed E-state index contributed by atoms with van der Waals surface area (Å²) in [6.07, 6.45) is 9.51. The van der Waals surface area contributed by atoms with Crippen molar-refractivity contribution in [2.24, 2.45) is 46.3 Å². The molecule has 0 aromatic rings. The van der Waals surface area contributed by atoms with E-state index in [4.69, 9.17) is 9.47 Å². The summed E-state index contributed by atoms with van der Waals surface area (Å²) >= 11 is 0. The number of rotatable bonds is 5. The van der Waals surface area contributed by atoms with E-state index in [1.807, 2.05) is 0 Å². The maximum atomic E-state index is 13.8. The summed E-state index contributed by atoms with van der Waals surface area (Å²) < 4.78 is 10.4. The van der Waals surface area contributed by atoms with Crippen molar-refractivity contribution < 1.29 is 23.9 Å². The molecule has 4 saturated carbocycles. The highest BCUT2D eigenvalue weighted by Crippen LogP contribution is 2.67. The summed E-state index contributed by atoms with van der Waals surface area (Å²) in [7, 11) is 1.45. The minimum atomic E-state index is -0.185. The summed E-state index contributed by atoms with van der Waals surface area (Å²) in [5.41, 5.74) is 0.110. The van der Waals surface area contributed by atoms with E-state index < -0.39 is 0 Å². The summed E-state index contributed by atoms with van der Waals surface area (Å²) in [5.74, 6) is 2.85. The quantitative estimate of drug-likeness (QED) is 0.533. The van der Waals surface area contributed by atoms with E-state index in [9.17, 15) is 14.4 Å². The predicted octanol–water partition coefficient (Wildman–Crippen LogP) is 5.35. The lowest BCUT2D eigenvalue weighted by Crippen LogP contribution is -2.58. The van der Waals surface area contributed by atoms with Gasteiger partial charge in [-0.2, -0.15) is 0 Å². The number of ketones is 1. The molecule has 4 aliphatic rings. The number of ether oxygens (including phenoxy) is 2. The summed E-state index contributed by atoms with van der Waals surface area (Å²) in [6.45, 7) is 8.51. The Bertz CT molecular complexity index is 761. The van der Waals surface area contributed by atoms with Gasteiger partial charge in [0.1, 0.15) is 11.9 Å². The lowest BCUT2D eigenvalue weighted by atomic mass is 9.44. The lowest BCUT2D eigenvalue weighted by Gasteiger charge is -2.60. The molecule has 0 aliphatic heterocycles. The van der Waals surface area contributed by atoms with E-state index in [1.54, 1.807) is 0 Å². The molecular formula is C27H42O5. The maximum absolute atomic E-state index is 13.8. The predicted molar refractivity (Wildman–Crippen MR) is 122 cm³/mol. The van der Waals surface area contributed by atoms with Crippen LogP contribution in [0.3, 0.4) is 0 Å². The van der Waals surface area contributed by atoms with Gasteiger partial charge in [-0.25, -0.2) is 0 Å². The van der Waals surface area contributed by atoms with Gasteiger partial charge in [0, 0.05) is 25.7 Å². The van der Waals surface area contributed by atoms with Gasteiger partial charge < -0.3 is 9.47 Å². The van der Waals surface area contributed by atoms with Gasteiger partial charge in [-0.15, -0.1) is 0 Å². The molecule has 0 N–H and O–H groups in total. The molecule has 0 saturated heterocycles. The minimum absolute atomic E-state index is 0.0256. The van der Waals surface area contributed by atoms with Crippen LogP contribution in [0.2, 0.25) is 0 Å². The molecule has 180 valence electrons. The van der Waals surface area contributed by atoms with E-state index in [0.717, 1.165) is 38.5 Å². The normalized spacial score (nSPS) is 44.1. The molecule has 0 aromatic heterocycles. The van der Waals surface area contributed by atoms with Crippen LogP contribution in [0.5, 0.6) is 0 Å². The smallest absolute Gasteiger partial charge is 0.305 e. The van der Waals surface area contributed by atoms with Crippen molar-refractivity contribution in [2.75, 3.05) is 7.11 Å². The average molecular weight is 447 g/mol. The highest BCUT2D eigenvalue weighted by Gasteiger charge is 2.63. The number of hydrogen-bond acceptors (Lipinski definition) is 5. The van der Waals surface area contributed by atoms with Crippen LogP contribution in [0, 0.1) is 46.3 Å². The fraction of sp³-hybridized carbons (Fsp3) is 0.889. The van der Waals surface area contributed by atoms with Crippen molar-refractivity contribution >= 4 is 17.7 Å². The molecule has 32 heavy (non-hydrogen) atoms. The van der Waals surface area contributed by atoms with Crippen LogP contribution in [0.15, 0.2) is 0 Å². The Balaban J connectivity index is 1.50. The largest absolute Gasteiger partial charge is 0.469 e. The Morgan fingerprint density at radius 1 is 1.09 bits per heavy atom. The van der Waals surface area contributed by atoms with Crippen LogP contribution in [0.25, 0.3) is 0 Å². The monoisotopic (exact) mass is 446 g/mol. The van der Waals surface area contributed by atoms with E-state index in [0.29, 0.717) is 48.2 Å². The third-order valence-corrected chi connectivity index (χ3v) is 10.4. The van der Waals surface area contributed by atoms with Crippen molar-refractivity contribution in [2.45, 2.75) is 98.0 Å². The van der Waals surface area contributed by atoms with Gasteiger partial charge in [0.15, 0.2) is 0 Å². The minimum Gasteiger partial charge on any atom is -0.469 e. The first-order valence-electron chi connectivity index (χ1n) is 12.9. The van der Waals surface area contributed by atoms with Gasteiger partial charge in [-0.1, -0.05) is 20.8 Å². The van der Waals surface area contributed by atoms with Crippen LogP contribution in [-0.4, -0.2) is 30.9 Å². The average Bonchev–Trinajstić information content (AvgIpc) is 3.07. The number of Topliss-reactive ketones (excluding diaryl/α,β-unsaturated/α-hetero) is 1. The molecule has 0 heterocycles. The van der Waals surface area contributed by atoms with E-state index in [1.165, 1.54) is 26.9 Å². The number of hydrogen-bond donors (Lipinski definition) is 0. The van der Waals surface area contributed by atoms with E-state index in [-0.39, 0.29) is 34.8 Å². The van der Waals surface area contributed by atoms with Gasteiger partial charge in [0.05, 0.1) is 7.11 Å². The Labute approximate surface area is 193 Å². The second-order valence-electron chi connectivity index (χ2n) is 12.0. The highest BCUT2D eigenvalue weighted by atomic mass is 16.5. The Morgan fingerprint density at radius 2 is 1.84 bits per heavy atom. The molecule has 0 unspecified atom stereocenters. The zero-order valence-corrected chi connectivity index (χ0v) is 20.7. The number of esters is 2. The number of fused-ring (bicyclic) bond motifs is 5. The first-order chi connectivity index (χ1) is 15.1. The molecule has 4 rings (SSSR count). The second-order valence-corrected chi connectivity index (χ2v) is 12.0. The SMILES string of the molecule is COC(=O)CC[C@@H](C)[C@@H]1CC[C@@H]2[C@@H]3CC[C@@H]4C[C@H](OC(C)=O)CC[C@]4(C)[C@H]3C(=O)C[C@@]21C. The molecule has 0 spiro atoms. The molecule has 5 heteroatoms. The molecular weight excluding hydrogens is 404 g/mol. The second kappa shape index (κ2) is 8.76. The van der Waals surface area contributed by atoms with Gasteiger partial charge >= 0.3 is 11.9 Å². The molecule has 0 radical (unpaired) electrons. The molecule has 4 fully saturated rings. The summed E-state index contributed by atoms with van der Waals surface area (Å²) in [4.78, 5) is 37.0. The lowest BCUT2D eigenvalue weighted by molar-refractivity contribution is -0.169. The van der Waals surface area contributed by atoms with E-state index >= 15 is 0 Å². The van der Waals surface area contributed by atoms with Crippen LogP contribution in [0.4, 0.5) is 0 Å². The van der Waals surface area contributed by atoms with Crippen LogP contribution < -0.4 is 0 Å². The Kier molecular flexibility index (Phi) is 6.50. The fourth-order valence-electron chi connectivity index (χ4n) is 9.00. The third-order valence-electron chi connectivity index (χ3n) is 10.4. The summed E-state index contributed by atoms with van der Waals surface area (Å²) in [6, 6.07) is 0. The Hall–Kier alpha value is -1.39. The molecule has 0 aromatic carbocycles. The molecule has 0 bridgehead atoms. The van der Waals surface area contributed by atoms with E-state index in [2.05, 4.69) is 20.8 Å². The van der Waals surface area contributed by atoms with Gasteiger partial charge in [0.25, 0.3) is 0 Å². The van der Waals surface area contributed by atoms with Crippen LogP contribution >= 0.6 is 0 Å². The first kappa shape index (κ1) is 23.8. The van der Waals surface area contributed by atoms with Gasteiger partial charge in [-0.05, 0) is 91.8 Å². The van der Waals surface area contributed by atoms with Gasteiger partial charge in [-0.3, -0.25) is 14.4 Å². The zero-order chi connectivity index (χ0) is 23.3. The van der Waals surface area contributed by atoms with Crippen LogP contribution in [-0.2, 0) is 23.9 Å². The standard InChI is InChI=1S/C27H42O5/c1-16(6-11-24(30)31-5)21-9-10-22-20-8-7-18-14-19(32-17(2)28)12-13-26(18,3)25(20)23(29)15-27(21,22)4/h16,18-22,25H,6-15H2,1-5H3/t16-,18-,19-,20+,21+,22-,25-,26+,27-/m1/s1. The van der Waals surface area contributed by atoms with Gasteiger partial charge in [0.2, 0.25) is 0 Å². The molecule has 4 aliphatic carbocycles. The van der Waals surface area contributed by atoms with Crippen LogP contribution in [0.1, 0.15) is 91.9 Å².